The van der Waals surface area contributed by atoms with Gasteiger partial charge in [-0.2, -0.15) is 0 Å². The summed E-state index contributed by atoms with van der Waals surface area (Å²) in [5.74, 6) is -3.50. The SMILES string of the molecule is Cc1ccc(-c2ccc(C(=O)CC(CCNC(O)c3ccccc3C(=O)O)C(=O)O)cc2)cc1. The second kappa shape index (κ2) is 11.4. The number of Topliss-reactive ketones (excluding diaryl/α,β-unsaturated/α-hetero) is 1. The molecule has 176 valence electrons. The lowest BCUT2D eigenvalue weighted by atomic mass is 9.94. The predicted molar refractivity (Wildman–Crippen MR) is 128 cm³/mol. The van der Waals surface area contributed by atoms with Crippen molar-refractivity contribution >= 4 is 17.7 Å². The number of rotatable bonds is 11. The number of aromatic carboxylic acids is 1. The number of ketones is 1. The van der Waals surface area contributed by atoms with Gasteiger partial charge in [-0.3, -0.25) is 14.9 Å². The first-order valence-electron chi connectivity index (χ1n) is 10.9. The number of carboxylic acid groups (broad SMARTS) is 2. The Morgan fingerprint density at radius 1 is 0.853 bits per heavy atom. The van der Waals surface area contributed by atoms with Crippen molar-refractivity contribution in [3.8, 4) is 11.1 Å². The van der Waals surface area contributed by atoms with E-state index < -0.39 is 24.1 Å². The van der Waals surface area contributed by atoms with Gasteiger partial charge in [0.05, 0.1) is 11.5 Å². The zero-order valence-corrected chi connectivity index (χ0v) is 18.8. The molecule has 34 heavy (non-hydrogen) atoms. The number of carbonyl (C=O) groups excluding carboxylic acids is 1. The van der Waals surface area contributed by atoms with Crippen molar-refractivity contribution in [2.24, 2.45) is 5.92 Å². The maximum absolute atomic E-state index is 12.7. The molecule has 0 saturated heterocycles. The van der Waals surface area contributed by atoms with E-state index in [1.165, 1.54) is 12.1 Å². The van der Waals surface area contributed by atoms with Crippen LogP contribution in [0.4, 0.5) is 0 Å². The molecule has 0 aliphatic heterocycles. The Balaban J connectivity index is 1.58. The number of aliphatic carboxylic acids is 1. The van der Waals surface area contributed by atoms with Crippen LogP contribution >= 0.6 is 0 Å². The molecule has 0 aliphatic carbocycles. The van der Waals surface area contributed by atoms with Gasteiger partial charge in [-0.05, 0) is 37.1 Å². The van der Waals surface area contributed by atoms with Gasteiger partial charge in [-0.15, -0.1) is 0 Å². The maximum atomic E-state index is 12.7. The molecule has 3 aromatic carbocycles. The Bertz CT molecular complexity index is 1150. The van der Waals surface area contributed by atoms with Gasteiger partial charge in [0.1, 0.15) is 6.23 Å². The molecule has 3 aromatic rings. The zero-order chi connectivity index (χ0) is 24.7. The minimum Gasteiger partial charge on any atom is -0.481 e. The van der Waals surface area contributed by atoms with Gasteiger partial charge in [0.2, 0.25) is 0 Å². The lowest BCUT2D eigenvalue weighted by Crippen LogP contribution is -2.28. The predicted octanol–water partition coefficient (Wildman–Crippen LogP) is 4.30. The van der Waals surface area contributed by atoms with Crippen LogP contribution in [0.5, 0.6) is 0 Å². The highest BCUT2D eigenvalue weighted by atomic mass is 16.4. The summed E-state index contributed by atoms with van der Waals surface area (Å²) in [6, 6.07) is 21.1. The fourth-order valence-corrected chi connectivity index (χ4v) is 3.68. The molecule has 2 atom stereocenters. The molecule has 3 rings (SSSR count). The van der Waals surface area contributed by atoms with E-state index >= 15 is 0 Å². The molecule has 0 amide bonds. The molecule has 0 radical (unpaired) electrons. The van der Waals surface area contributed by atoms with E-state index in [0.29, 0.717) is 5.56 Å². The maximum Gasteiger partial charge on any atom is 0.336 e. The highest BCUT2D eigenvalue weighted by Gasteiger charge is 2.23. The lowest BCUT2D eigenvalue weighted by molar-refractivity contribution is -0.141. The molecule has 7 nitrogen and oxygen atoms in total. The highest BCUT2D eigenvalue weighted by Crippen LogP contribution is 2.22. The van der Waals surface area contributed by atoms with E-state index in [2.05, 4.69) is 5.32 Å². The Morgan fingerprint density at radius 2 is 1.44 bits per heavy atom. The number of carbonyl (C=O) groups is 3. The summed E-state index contributed by atoms with van der Waals surface area (Å²) in [7, 11) is 0. The van der Waals surface area contributed by atoms with E-state index in [9.17, 15) is 29.7 Å². The second-order valence-electron chi connectivity index (χ2n) is 8.14. The molecule has 0 fully saturated rings. The minimum absolute atomic E-state index is 0.0402. The largest absolute Gasteiger partial charge is 0.481 e. The van der Waals surface area contributed by atoms with Crippen molar-refractivity contribution in [2.75, 3.05) is 6.54 Å². The van der Waals surface area contributed by atoms with Gasteiger partial charge in [0, 0.05) is 17.5 Å². The summed E-state index contributed by atoms with van der Waals surface area (Å²) < 4.78 is 0. The summed E-state index contributed by atoms with van der Waals surface area (Å²) in [6.45, 7) is 2.10. The van der Waals surface area contributed by atoms with Crippen molar-refractivity contribution in [2.45, 2.75) is 26.0 Å². The minimum atomic E-state index is -1.27. The third-order valence-corrected chi connectivity index (χ3v) is 5.69. The molecule has 0 saturated carbocycles. The van der Waals surface area contributed by atoms with Gasteiger partial charge in [0.15, 0.2) is 5.78 Å². The van der Waals surface area contributed by atoms with Crippen LogP contribution in [-0.4, -0.2) is 39.6 Å². The van der Waals surface area contributed by atoms with Crippen molar-refractivity contribution in [1.29, 1.82) is 0 Å². The highest BCUT2D eigenvalue weighted by molar-refractivity contribution is 5.98. The molecule has 0 spiro atoms. The Morgan fingerprint density at radius 3 is 2.03 bits per heavy atom. The number of aliphatic hydroxyl groups is 1. The Hall–Kier alpha value is -3.81. The Labute approximate surface area is 197 Å². The van der Waals surface area contributed by atoms with Crippen LogP contribution in [0.1, 0.15) is 50.9 Å². The van der Waals surface area contributed by atoms with Crippen LogP contribution in [0.3, 0.4) is 0 Å². The van der Waals surface area contributed by atoms with Crippen LogP contribution in [0.25, 0.3) is 11.1 Å². The van der Waals surface area contributed by atoms with Crippen LogP contribution in [0.15, 0.2) is 72.8 Å². The first-order chi connectivity index (χ1) is 16.3. The molecule has 0 heterocycles. The molecule has 0 aromatic heterocycles. The quantitative estimate of drug-likeness (QED) is 0.248. The van der Waals surface area contributed by atoms with Crippen molar-refractivity contribution in [1.82, 2.24) is 5.32 Å². The fraction of sp³-hybridized carbons (Fsp3) is 0.222. The second-order valence-corrected chi connectivity index (χ2v) is 8.14. The molecule has 4 N–H and O–H groups in total. The normalized spacial score (nSPS) is 12.6. The van der Waals surface area contributed by atoms with Crippen molar-refractivity contribution in [3.05, 3.63) is 95.1 Å². The van der Waals surface area contributed by atoms with Gasteiger partial charge in [0.25, 0.3) is 0 Å². The first kappa shape index (κ1) is 24.8. The number of aryl methyl sites for hydroxylation is 1. The molecular formula is C27H27NO6. The summed E-state index contributed by atoms with van der Waals surface area (Å²) in [6.07, 6.45) is -1.36. The third kappa shape index (κ3) is 6.37. The number of aliphatic hydroxyl groups excluding tert-OH is 1. The number of carboxylic acids is 2. The summed E-state index contributed by atoms with van der Waals surface area (Å²) >= 11 is 0. The zero-order valence-electron chi connectivity index (χ0n) is 18.8. The van der Waals surface area contributed by atoms with E-state index in [-0.39, 0.29) is 36.3 Å². The third-order valence-electron chi connectivity index (χ3n) is 5.69. The van der Waals surface area contributed by atoms with E-state index in [1.54, 1.807) is 24.3 Å². The van der Waals surface area contributed by atoms with Crippen molar-refractivity contribution in [3.63, 3.8) is 0 Å². The molecule has 0 aliphatic rings. The average Bonchev–Trinajstić information content (AvgIpc) is 2.83. The molecule has 7 heteroatoms. The molecular weight excluding hydrogens is 434 g/mol. The summed E-state index contributed by atoms with van der Waals surface area (Å²) in [4.78, 5) is 35.7. The monoisotopic (exact) mass is 461 g/mol. The Kier molecular flexibility index (Phi) is 8.29. The standard InChI is InChI=1S/C27H27NO6/c1-17-6-8-18(9-7-17)19-10-12-20(13-11-19)24(29)16-21(26(31)32)14-15-28-25(30)22-4-2-3-5-23(22)27(33)34/h2-13,21,25,28,30H,14-16H2,1H3,(H,31,32)(H,33,34). The van der Waals surface area contributed by atoms with Crippen molar-refractivity contribution < 1.29 is 29.7 Å². The number of benzene rings is 3. The van der Waals surface area contributed by atoms with E-state index in [1.807, 2.05) is 43.3 Å². The van der Waals surface area contributed by atoms with Crippen LogP contribution in [0, 0.1) is 12.8 Å². The smallest absolute Gasteiger partial charge is 0.336 e. The van der Waals surface area contributed by atoms with Gasteiger partial charge < -0.3 is 15.3 Å². The number of nitrogens with one attached hydrogen (secondary N) is 1. The van der Waals surface area contributed by atoms with E-state index in [4.69, 9.17) is 0 Å². The van der Waals surface area contributed by atoms with E-state index in [0.717, 1.165) is 16.7 Å². The van der Waals surface area contributed by atoms with Crippen LogP contribution in [0.2, 0.25) is 0 Å². The number of hydrogen-bond acceptors (Lipinski definition) is 5. The number of hydrogen-bond donors (Lipinski definition) is 4. The summed E-state index contributed by atoms with van der Waals surface area (Å²) in [5.41, 5.74) is 3.73. The fourth-order valence-electron chi connectivity index (χ4n) is 3.68. The molecule has 2 unspecified atom stereocenters. The average molecular weight is 462 g/mol. The van der Waals surface area contributed by atoms with Crippen LogP contribution in [-0.2, 0) is 4.79 Å². The van der Waals surface area contributed by atoms with Gasteiger partial charge >= 0.3 is 11.9 Å². The van der Waals surface area contributed by atoms with Gasteiger partial charge in [-0.1, -0.05) is 72.3 Å². The van der Waals surface area contributed by atoms with Gasteiger partial charge in [-0.25, -0.2) is 4.79 Å². The first-order valence-corrected chi connectivity index (χ1v) is 10.9. The molecule has 0 bridgehead atoms. The van der Waals surface area contributed by atoms with Crippen LogP contribution < -0.4 is 5.32 Å². The lowest BCUT2D eigenvalue weighted by Gasteiger charge is -2.17. The summed E-state index contributed by atoms with van der Waals surface area (Å²) in [5, 5.41) is 31.9. The topological polar surface area (TPSA) is 124 Å².